The smallest absolute Gasteiger partial charge is 0.256 e. The second-order valence-electron chi connectivity index (χ2n) is 1.41. The zero-order chi connectivity index (χ0) is 6.73. The number of hydrogen-bond acceptors (Lipinski definition) is 2. The van der Waals surface area contributed by atoms with Crippen LogP contribution in [0.4, 0.5) is 0 Å². The molecule has 0 atom stereocenters. The lowest BCUT2D eigenvalue weighted by atomic mass is 10.2. The molecular weight excluding hydrogens is 124 g/mol. The SMILES string of the molecule is C=C(C)C(=O)C(=O)S. The van der Waals surface area contributed by atoms with Crippen LogP contribution < -0.4 is 0 Å². The second kappa shape index (κ2) is 2.67. The van der Waals surface area contributed by atoms with Crippen LogP contribution in [0.2, 0.25) is 0 Å². The van der Waals surface area contributed by atoms with Crippen LogP contribution in [-0.4, -0.2) is 10.9 Å². The fourth-order valence-corrected chi connectivity index (χ4v) is 0.373. The predicted octanol–water partition coefficient (Wildman–Crippen LogP) is 0.588. The van der Waals surface area contributed by atoms with Crippen molar-refractivity contribution in [2.24, 2.45) is 0 Å². The van der Waals surface area contributed by atoms with E-state index >= 15 is 0 Å². The highest BCUT2D eigenvalue weighted by Gasteiger charge is 2.07. The summed E-state index contributed by atoms with van der Waals surface area (Å²) in [6.45, 7) is 4.73. The van der Waals surface area contributed by atoms with Crippen molar-refractivity contribution in [3.05, 3.63) is 12.2 Å². The third-order valence-electron chi connectivity index (χ3n) is 0.582. The number of allylic oxidation sites excluding steroid dienone is 1. The Morgan fingerprint density at radius 1 is 1.50 bits per heavy atom. The van der Waals surface area contributed by atoms with Crippen molar-refractivity contribution in [2.75, 3.05) is 0 Å². The molecule has 0 fully saturated rings. The molecular formula is C5H6O2S. The molecule has 0 bridgehead atoms. The van der Waals surface area contributed by atoms with Crippen molar-refractivity contribution in [3.8, 4) is 0 Å². The van der Waals surface area contributed by atoms with E-state index in [0.717, 1.165) is 0 Å². The van der Waals surface area contributed by atoms with Crippen molar-refractivity contribution >= 4 is 23.5 Å². The first-order chi connectivity index (χ1) is 3.55. The zero-order valence-electron chi connectivity index (χ0n) is 4.47. The van der Waals surface area contributed by atoms with Gasteiger partial charge in [-0.1, -0.05) is 19.2 Å². The first-order valence-corrected chi connectivity index (χ1v) is 2.43. The summed E-state index contributed by atoms with van der Waals surface area (Å²) >= 11 is 3.28. The number of hydrogen-bond donors (Lipinski definition) is 1. The Morgan fingerprint density at radius 2 is 1.88 bits per heavy atom. The fraction of sp³-hybridized carbons (Fsp3) is 0.200. The average molecular weight is 130 g/mol. The molecule has 0 spiro atoms. The number of carbonyl (C=O) groups is 2. The summed E-state index contributed by atoms with van der Waals surface area (Å²) in [6, 6.07) is 0. The third-order valence-corrected chi connectivity index (χ3v) is 0.785. The van der Waals surface area contributed by atoms with Crippen LogP contribution in [-0.2, 0) is 9.59 Å². The van der Waals surface area contributed by atoms with Gasteiger partial charge in [0.1, 0.15) is 0 Å². The fourth-order valence-electron chi connectivity index (χ4n) is 0.183. The van der Waals surface area contributed by atoms with Crippen LogP contribution in [0.5, 0.6) is 0 Å². The predicted molar refractivity (Wildman–Crippen MR) is 33.8 cm³/mol. The van der Waals surface area contributed by atoms with Gasteiger partial charge in [0.25, 0.3) is 5.12 Å². The molecule has 3 heteroatoms. The van der Waals surface area contributed by atoms with Crippen LogP contribution in [0.3, 0.4) is 0 Å². The number of carbonyl (C=O) groups excluding carboxylic acids is 2. The van der Waals surface area contributed by atoms with Crippen molar-refractivity contribution in [1.29, 1.82) is 0 Å². The molecule has 0 aliphatic rings. The monoisotopic (exact) mass is 130 g/mol. The second-order valence-corrected chi connectivity index (χ2v) is 1.82. The van der Waals surface area contributed by atoms with Gasteiger partial charge in [-0.05, 0) is 12.5 Å². The van der Waals surface area contributed by atoms with Crippen molar-refractivity contribution in [1.82, 2.24) is 0 Å². The Balaban J connectivity index is 4.05. The topological polar surface area (TPSA) is 34.1 Å². The highest BCUT2D eigenvalue weighted by atomic mass is 32.1. The first kappa shape index (κ1) is 7.43. The van der Waals surface area contributed by atoms with Crippen LogP contribution >= 0.6 is 12.6 Å². The minimum absolute atomic E-state index is 0.227. The summed E-state index contributed by atoms with van der Waals surface area (Å²) in [5, 5.41) is -0.752. The Morgan fingerprint density at radius 3 is 1.88 bits per heavy atom. The van der Waals surface area contributed by atoms with Crippen molar-refractivity contribution in [3.63, 3.8) is 0 Å². The average Bonchev–Trinajstić information content (AvgIpc) is 1.64. The van der Waals surface area contributed by atoms with Crippen molar-refractivity contribution < 1.29 is 9.59 Å². The van der Waals surface area contributed by atoms with Gasteiger partial charge < -0.3 is 0 Å². The maximum atomic E-state index is 10.3. The van der Waals surface area contributed by atoms with E-state index in [1.807, 2.05) is 0 Å². The van der Waals surface area contributed by atoms with Crippen LogP contribution in [0, 0.1) is 0 Å². The third kappa shape index (κ3) is 1.93. The summed E-state index contributed by atoms with van der Waals surface area (Å²) in [4.78, 5) is 20.4. The molecule has 0 rings (SSSR count). The van der Waals surface area contributed by atoms with Crippen LogP contribution in [0.15, 0.2) is 12.2 Å². The number of ketones is 1. The molecule has 2 nitrogen and oxygen atoms in total. The van der Waals surface area contributed by atoms with Gasteiger partial charge in [0.15, 0.2) is 0 Å². The number of rotatable bonds is 2. The number of Topliss-reactive ketones (excluding diaryl/α,β-unsaturated/α-hetero) is 1. The summed E-state index contributed by atoms with van der Waals surface area (Å²) in [6.07, 6.45) is 0. The van der Waals surface area contributed by atoms with E-state index in [-0.39, 0.29) is 5.57 Å². The van der Waals surface area contributed by atoms with E-state index < -0.39 is 10.9 Å². The molecule has 0 aliphatic heterocycles. The minimum atomic E-state index is -0.752. The normalized spacial score (nSPS) is 8.25. The summed E-state index contributed by atoms with van der Waals surface area (Å²) in [7, 11) is 0. The van der Waals surface area contributed by atoms with Gasteiger partial charge in [0, 0.05) is 0 Å². The molecule has 0 saturated carbocycles. The molecule has 0 saturated heterocycles. The molecule has 0 N–H and O–H groups in total. The highest BCUT2D eigenvalue weighted by molar-refractivity contribution is 7.98. The van der Waals surface area contributed by atoms with Crippen LogP contribution in [0.25, 0.3) is 0 Å². The van der Waals surface area contributed by atoms with Gasteiger partial charge >= 0.3 is 0 Å². The van der Waals surface area contributed by atoms with Crippen LogP contribution in [0.1, 0.15) is 6.92 Å². The maximum Gasteiger partial charge on any atom is 0.256 e. The molecule has 0 heterocycles. The van der Waals surface area contributed by atoms with Gasteiger partial charge in [-0.15, -0.1) is 0 Å². The summed E-state index contributed by atoms with van der Waals surface area (Å²) in [5.74, 6) is -0.617. The maximum absolute atomic E-state index is 10.3. The molecule has 0 unspecified atom stereocenters. The summed E-state index contributed by atoms with van der Waals surface area (Å²) in [5.41, 5.74) is 0.227. The quantitative estimate of drug-likeness (QED) is 0.337. The Bertz CT molecular complexity index is 133. The molecule has 8 heavy (non-hydrogen) atoms. The van der Waals surface area contributed by atoms with Gasteiger partial charge in [0.05, 0.1) is 0 Å². The summed E-state index contributed by atoms with van der Waals surface area (Å²) < 4.78 is 0. The molecule has 0 radical (unpaired) electrons. The molecule has 0 aromatic heterocycles. The first-order valence-electron chi connectivity index (χ1n) is 1.99. The molecule has 0 aliphatic carbocycles. The Hall–Kier alpha value is -0.570. The van der Waals surface area contributed by atoms with E-state index in [4.69, 9.17) is 0 Å². The lowest BCUT2D eigenvalue weighted by molar-refractivity contribution is -0.129. The number of thiol groups is 1. The Kier molecular flexibility index (Phi) is 2.48. The highest BCUT2D eigenvalue weighted by Crippen LogP contribution is 1.92. The van der Waals surface area contributed by atoms with E-state index in [2.05, 4.69) is 19.2 Å². The van der Waals surface area contributed by atoms with Gasteiger partial charge in [-0.2, -0.15) is 0 Å². The molecule has 44 valence electrons. The largest absolute Gasteiger partial charge is 0.285 e. The lowest BCUT2D eigenvalue weighted by Crippen LogP contribution is -2.06. The van der Waals surface area contributed by atoms with E-state index in [9.17, 15) is 9.59 Å². The Labute approximate surface area is 53.0 Å². The van der Waals surface area contributed by atoms with Gasteiger partial charge in [-0.25, -0.2) is 0 Å². The minimum Gasteiger partial charge on any atom is -0.285 e. The molecule has 0 aromatic rings. The standard InChI is InChI=1S/C5H6O2S/c1-3(2)4(6)5(7)8/h1H2,2H3,(H,7,8). The molecule has 0 aromatic carbocycles. The van der Waals surface area contributed by atoms with E-state index in [0.29, 0.717) is 0 Å². The van der Waals surface area contributed by atoms with Gasteiger partial charge in [0.2, 0.25) is 5.78 Å². The zero-order valence-corrected chi connectivity index (χ0v) is 5.37. The lowest BCUT2D eigenvalue weighted by Gasteiger charge is -1.86. The van der Waals surface area contributed by atoms with Gasteiger partial charge in [-0.3, -0.25) is 9.59 Å². The van der Waals surface area contributed by atoms with Crippen molar-refractivity contribution in [2.45, 2.75) is 6.92 Å². The van der Waals surface area contributed by atoms with E-state index in [1.54, 1.807) is 0 Å². The van der Waals surface area contributed by atoms with E-state index in [1.165, 1.54) is 6.92 Å². The molecule has 0 amide bonds.